The summed E-state index contributed by atoms with van der Waals surface area (Å²) in [5.74, 6) is 0. The average Bonchev–Trinajstić information content (AvgIpc) is 2.70. The molecule has 0 aromatic carbocycles. The van der Waals surface area contributed by atoms with E-state index in [1.165, 1.54) is 10.9 Å². The molecule has 0 radical (unpaired) electrons. The molecule has 0 saturated carbocycles. The van der Waals surface area contributed by atoms with Crippen molar-refractivity contribution in [1.82, 2.24) is 19.6 Å². The molecule has 2 aromatic heterocycles. The molecule has 0 aliphatic rings. The molecule has 0 unspecified atom stereocenters. The smallest absolute Gasteiger partial charge is 0.287 e. The Kier molecular flexibility index (Phi) is 3.38. The molecule has 0 saturated heterocycles. The number of hydrogen-bond donors (Lipinski definition) is 1. The quantitative estimate of drug-likeness (QED) is 0.915. The van der Waals surface area contributed by atoms with Gasteiger partial charge in [0.05, 0.1) is 23.3 Å². The van der Waals surface area contributed by atoms with Crippen molar-refractivity contribution in [1.29, 1.82) is 0 Å². The zero-order chi connectivity index (χ0) is 13.3. The lowest BCUT2D eigenvalue weighted by Gasteiger charge is -2.07. The monoisotopic (exact) mass is 267 g/mol. The van der Waals surface area contributed by atoms with Crippen LogP contribution in [0.2, 0.25) is 5.02 Å². The van der Waals surface area contributed by atoms with E-state index in [-0.39, 0.29) is 10.6 Å². The molecule has 2 rings (SSSR count). The summed E-state index contributed by atoms with van der Waals surface area (Å²) in [6.45, 7) is 2.01. The lowest BCUT2D eigenvalue weighted by atomic mass is 10.3. The Morgan fingerprint density at radius 2 is 2.11 bits per heavy atom. The van der Waals surface area contributed by atoms with Gasteiger partial charge in [-0.3, -0.25) is 9.48 Å². The molecule has 1 N–H and O–H groups in total. The normalized spacial score (nSPS) is 10.7. The largest absolute Gasteiger partial charge is 0.350 e. The number of nitrogens with zero attached hydrogens (tertiary/aromatic N) is 4. The minimum atomic E-state index is -0.330. The second kappa shape index (κ2) is 4.81. The average molecular weight is 268 g/mol. The van der Waals surface area contributed by atoms with Crippen molar-refractivity contribution in [2.45, 2.75) is 13.3 Å². The molecule has 96 valence electrons. The van der Waals surface area contributed by atoms with Gasteiger partial charge in [0.1, 0.15) is 5.02 Å². The number of rotatable bonds is 3. The van der Waals surface area contributed by atoms with Crippen molar-refractivity contribution in [2.24, 2.45) is 14.1 Å². The fourth-order valence-corrected chi connectivity index (χ4v) is 1.86. The SMILES string of the molecule is CCc1nn(C)cc1Nc1cnn(C)c(=O)c1Cl. The van der Waals surface area contributed by atoms with Crippen LogP contribution in [0, 0.1) is 0 Å². The van der Waals surface area contributed by atoms with Crippen LogP contribution in [0.4, 0.5) is 11.4 Å². The van der Waals surface area contributed by atoms with Crippen LogP contribution in [0.25, 0.3) is 0 Å². The molecule has 0 spiro atoms. The lowest BCUT2D eigenvalue weighted by Crippen LogP contribution is -2.20. The summed E-state index contributed by atoms with van der Waals surface area (Å²) in [6.07, 6.45) is 4.15. The van der Waals surface area contributed by atoms with Crippen LogP contribution in [0.5, 0.6) is 0 Å². The summed E-state index contributed by atoms with van der Waals surface area (Å²) < 4.78 is 2.90. The third-order valence-corrected chi connectivity index (χ3v) is 2.95. The van der Waals surface area contributed by atoms with Crippen LogP contribution in [-0.2, 0) is 20.5 Å². The Hall–Kier alpha value is -1.82. The van der Waals surface area contributed by atoms with Gasteiger partial charge in [0.25, 0.3) is 5.56 Å². The summed E-state index contributed by atoms with van der Waals surface area (Å²) in [4.78, 5) is 11.6. The first-order valence-corrected chi connectivity index (χ1v) is 5.92. The van der Waals surface area contributed by atoms with E-state index in [2.05, 4.69) is 15.5 Å². The van der Waals surface area contributed by atoms with Gasteiger partial charge in [-0.25, -0.2) is 4.68 Å². The number of aryl methyl sites for hydroxylation is 3. The van der Waals surface area contributed by atoms with E-state index >= 15 is 0 Å². The molecule has 0 fully saturated rings. The molecule has 2 aromatic rings. The van der Waals surface area contributed by atoms with Gasteiger partial charge in [0, 0.05) is 20.3 Å². The summed E-state index contributed by atoms with van der Waals surface area (Å²) >= 11 is 5.99. The second-order valence-corrected chi connectivity index (χ2v) is 4.32. The van der Waals surface area contributed by atoms with Gasteiger partial charge in [-0.05, 0) is 6.42 Å². The molecule has 0 amide bonds. The Labute approximate surface area is 109 Å². The third-order valence-electron chi connectivity index (χ3n) is 2.59. The first-order valence-electron chi connectivity index (χ1n) is 5.54. The Balaban J connectivity index is 2.40. The maximum atomic E-state index is 11.6. The van der Waals surface area contributed by atoms with Gasteiger partial charge in [-0.2, -0.15) is 10.2 Å². The molecule has 0 aliphatic carbocycles. The van der Waals surface area contributed by atoms with E-state index in [0.717, 1.165) is 17.8 Å². The maximum Gasteiger partial charge on any atom is 0.287 e. The zero-order valence-electron chi connectivity index (χ0n) is 10.4. The molecule has 6 nitrogen and oxygen atoms in total. The fourth-order valence-electron chi connectivity index (χ4n) is 1.64. The van der Waals surface area contributed by atoms with Crippen LogP contribution >= 0.6 is 11.6 Å². The van der Waals surface area contributed by atoms with E-state index in [9.17, 15) is 4.79 Å². The molecule has 0 atom stereocenters. The second-order valence-electron chi connectivity index (χ2n) is 3.94. The van der Waals surface area contributed by atoms with Crippen LogP contribution in [0.15, 0.2) is 17.2 Å². The summed E-state index contributed by atoms with van der Waals surface area (Å²) in [7, 11) is 3.40. The highest BCUT2D eigenvalue weighted by atomic mass is 35.5. The molecule has 0 bridgehead atoms. The molecule has 7 heteroatoms. The van der Waals surface area contributed by atoms with Crippen LogP contribution < -0.4 is 10.9 Å². The predicted octanol–water partition coefficient (Wildman–Crippen LogP) is 1.47. The molecule has 18 heavy (non-hydrogen) atoms. The van der Waals surface area contributed by atoms with Gasteiger partial charge < -0.3 is 5.32 Å². The third kappa shape index (κ3) is 2.24. The summed E-state index contributed by atoms with van der Waals surface area (Å²) in [5.41, 5.74) is 1.90. The van der Waals surface area contributed by atoms with Crippen molar-refractivity contribution in [3.05, 3.63) is 33.5 Å². The van der Waals surface area contributed by atoms with Gasteiger partial charge in [0.2, 0.25) is 0 Å². The molecule has 0 aliphatic heterocycles. The van der Waals surface area contributed by atoms with Crippen molar-refractivity contribution in [3.63, 3.8) is 0 Å². The molecule has 2 heterocycles. The van der Waals surface area contributed by atoms with Gasteiger partial charge in [-0.15, -0.1) is 0 Å². The number of aromatic nitrogens is 4. The van der Waals surface area contributed by atoms with Crippen molar-refractivity contribution in [3.8, 4) is 0 Å². The summed E-state index contributed by atoms with van der Waals surface area (Å²) in [6, 6.07) is 0. The Morgan fingerprint density at radius 3 is 2.78 bits per heavy atom. The Bertz CT molecular complexity index is 631. The maximum absolute atomic E-state index is 11.6. The van der Waals surface area contributed by atoms with Gasteiger partial charge in [0.15, 0.2) is 0 Å². The first kappa shape index (κ1) is 12.6. The van der Waals surface area contributed by atoms with Crippen LogP contribution in [0.3, 0.4) is 0 Å². The molecular weight excluding hydrogens is 254 g/mol. The van der Waals surface area contributed by atoms with Gasteiger partial charge in [-0.1, -0.05) is 18.5 Å². The predicted molar refractivity (Wildman–Crippen MR) is 70.4 cm³/mol. The van der Waals surface area contributed by atoms with Crippen molar-refractivity contribution >= 4 is 23.0 Å². The van der Waals surface area contributed by atoms with E-state index in [4.69, 9.17) is 11.6 Å². The number of hydrogen-bond acceptors (Lipinski definition) is 4. The number of anilines is 2. The van der Waals surface area contributed by atoms with Crippen LogP contribution in [-0.4, -0.2) is 19.6 Å². The zero-order valence-corrected chi connectivity index (χ0v) is 11.2. The van der Waals surface area contributed by atoms with Gasteiger partial charge >= 0.3 is 0 Å². The Morgan fingerprint density at radius 1 is 1.39 bits per heavy atom. The first-order chi connectivity index (χ1) is 8.52. The highest BCUT2D eigenvalue weighted by molar-refractivity contribution is 6.33. The van der Waals surface area contributed by atoms with E-state index in [1.54, 1.807) is 11.7 Å². The minimum absolute atomic E-state index is 0.124. The molecular formula is C11H14ClN5O. The topological polar surface area (TPSA) is 64.7 Å². The van der Waals surface area contributed by atoms with Crippen LogP contribution in [0.1, 0.15) is 12.6 Å². The number of halogens is 1. The highest BCUT2D eigenvalue weighted by Crippen LogP contribution is 2.23. The van der Waals surface area contributed by atoms with Crippen molar-refractivity contribution in [2.75, 3.05) is 5.32 Å². The minimum Gasteiger partial charge on any atom is -0.350 e. The van der Waals surface area contributed by atoms with Crippen molar-refractivity contribution < 1.29 is 0 Å². The van der Waals surface area contributed by atoms with E-state index < -0.39 is 0 Å². The van der Waals surface area contributed by atoms with E-state index in [0.29, 0.717) is 5.69 Å². The van der Waals surface area contributed by atoms with E-state index in [1.807, 2.05) is 20.2 Å². The summed E-state index contributed by atoms with van der Waals surface area (Å²) in [5, 5.41) is 11.4. The number of nitrogens with one attached hydrogen (secondary N) is 1. The standard InChI is InChI=1S/C11H14ClN5O/c1-4-7-9(6-16(2)15-7)14-8-5-13-17(3)11(18)10(8)12/h5-6,14H,4H2,1-3H3. The highest BCUT2D eigenvalue weighted by Gasteiger charge is 2.11. The fraction of sp³-hybridized carbons (Fsp3) is 0.364. The lowest BCUT2D eigenvalue weighted by molar-refractivity contribution is 0.709.